The molecule has 1 saturated carbocycles. The van der Waals surface area contributed by atoms with Crippen LogP contribution in [0.3, 0.4) is 0 Å². The smallest absolute Gasteiger partial charge is 0.0107 e. The van der Waals surface area contributed by atoms with Crippen LogP contribution in [0.25, 0.3) is 0 Å². The van der Waals surface area contributed by atoms with Gasteiger partial charge in [0.05, 0.1) is 0 Å². The fourth-order valence-electron chi connectivity index (χ4n) is 2.74. The van der Waals surface area contributed by atoms with Gasteiger partial charge in [0.1, 0.15) is 0 Å². The van der Waals surface area contributed by atoms with Crippen LogP contribution in [0.1, 0.15) is 52.9 Å². The van der Waals surface area contributed by atoms with Gasteiger partial charge < -0.3 is 10.2 Å². The van der Waals surface area contributed by atoms with Crippen molar-refractivity contribution >= 4 is 0 Å². The summed E-state index contributed by atoms with van der Waals surface area (Å²) in [5.41, 5.74) is 0. The Balaban J connectivity index is 2.19. The molecule has 2 nitrogen and oxygen atoms in total. The topological polar surface area (TPSA) is 15.3 Å². The molecule has 0 bridgehead atoms. The lowest BCUT2D eigenvalue weighted by Crippen LogP contribution is -2.39. The quantitative estimate of drug-likeness (QED) is 0.701. The zero-order chi connectivity index (χ0) is 11.8. The highest BCUT2D eigenvalue weighted by Gasteiger charge is 2.18. The van der Waals surface area contributed by atoms with E-state index in [4.69, 9.17) is 0 Å². The molecule has 0 heterocycles. The molecule has 1 aliphatic carbocycles. The molecule has 0 radical (unpaired) electrons. The fourth-order valence-corrected chi connectivity index (χ4v) is 2.74. The highest BCUT2D eigenvalue weighted by Crippen LogP contribution is 2.22. The molecule has 1 fully saturated rings. The zero-order valence-corrected chi connectivity index (χ0v) is 11.5. The van der Waals surface area contributed by atoms with Crippen LogP contribution in [-0.2, 0) is 0 Å². The predicted octanol–water partition coefficient (Wildman–Crippen LogP) is 2.89. The van der Waals surface area contributed by atoms with Crippen LogP contribution in [-0.4, -0.2) is 37.1 Å². The minimum atomic E-state index is 0.776. The summed E-state index contributed by atoms with van der Waals surface area (Å²) < 4.78 is 0. The molecule has 96 valence electrons. The van der Waals surface area contributed by atoms with Crippen LogP contribution in [0.5, 0.6) is 0 Å². The molecule has 0 aromatic carbocycles. The molecule has 1 rings (SSSR count). The van der Waals surface area contributed by atoms with Gasteiger partial charge in [0.25, 0.3) is 0 Å². The highest BCUT2D eigenvalue weighted by atomic mass is 15.1. The van der Waals surface area contributed by atoms with Crippen molar-refractivity contribution in [1.29, 1.82) is 0 Å². The molecule has 2 unspecified atom stereocenters. The second-order valence-corrected chi connectivity index (χ2v) is 5.20. The van der Waals surface area contributed by atoms with E-state index in [1.807, 2.05) is 0 Å². The normalized spacial score (nSPS) is 27.0. The molecule has 2 atom stereocenters. The number of likely N-dealkylation sites (N-methyl/N-ethyl adjacent to an activating group) is 1. The minimum Gasteiger partial charge on any atom is -0.312 e. The van der Waals surface area contributed by atoms with Gasteiger partial charge in [-0.2, -0.15) is 0 Å². The molecule has 0 aromatic heterocycles. The summed E-state index contributed by atoms with van der Waals surface area (Å²) in [6.07, 6.45) is 7.11. The molecule has 1 aliphatic rings. The lowest BCUT2D eigenvalue weighted by atomic mass is 9.97. The van der Waals surface area contributed by atoms with Crippen molar-refractivity contribution in [3.8, 4) is 0 Å². The molecule has 0 spiro atoms. The van der Waals surface area contributed by atoms with Gasteiger partial charge >= 0.3 is 0 Å². The SMILES string of the molecule is CCN(CC)CCNC1CCCCCC1C. The van der Waals surface area contributed by atoms with Gasteiger partial charge in [0.2, 0.25) is 0 Å². The molecular formula is C14H30N2. The number of nitrogens with one attached hydrogen (secondary N) is 1. The first-order valence-corrected chi connectivity index (χ1v) is 7.23. The van der Waals surface area contributed by atoms with Crippen molar-refractivity contribution in [2.24, 2.45) is 5.92 Å². The summed E-state index contributed by atoms with van der Waals surface area (Å²) in [6.45, 7) is 11.6. The summed E-state index contributed by atoms with van der Waals surface area (Å²) in [6, 6.07) is 0.776. The van der Waals surface area contributed by atoms with Crippen molar-refractivity contribution in [3.05, 3.63) is 0 Å². The van der Waals surface area contributed by atoms with Gasteiger partial charge in [-0.3, -0.25) is 0 Å². The van der Waals surface area contributed by atoms with Gasteiger partial charge in [-0.1, -0.05) is 40.0 Å². The van der Waals surface area contributed by atoms with Gasteiger partial charge in [0, 0.05) is 19.1 Å². The van der Waals surface area contributed by atoms with E-state index in [1.54, 1.807) is 0 Å². The van der Waals surface area contributed by atoms with Crippen LogP contribution < -0.4 is 5.32 Å². The van der Waals surface area contributed by atoms with E-state index < -0.39 is 0 Å². The van der Waals surface area contributed by atoms with Gasteiger partial charge in [-0.05, 0) is 31.8 Å². The first-order chi connectivity index (χ1) is 7.77. The summed E-state index contributed by atoms with van der Waals surface area (Å²) in [5, 5.41) is 3.77. The summed E-state index contributed by atoms with van der Waals surface area (Å²) in [4.78, 5) is 2.49. The van der Waals surface area contributed by atoms with Crippen molar-refractivity contribution in [2.75, 3.05) is 26.2 Å². The van der Waals surface area contributed by atoms with E-state index in [9.17, 15) is 0 Å². The third-order valence-corrected chi connectivity index (χ3v) is 4.09. The summed E-state index contributed by atoms with van der Waals surface area (Å²) in [5.74, 6) is 0.874. The van der Waals surface area contributed by atoms with Crippen molar-refractivity contribution < 1.29 is 0 Å². The van der Waals surface area contributed by atoms with Gasteiger partial charge in [-0.15, -0.1) is 0 Å². The monoisotopic (exact) mass is 226 g/mol. The van der Waals surface area contributed by atoms with Crippen molar-refractivity contribution in [3.63, 3.8) is 0 Å². The van der Waals surface area contributed by atoms with E-state index >= 15 is 0 Å². The Morgan fingerprint density at radius 3 is 2.44 bits per heavy atom. The third kappa shape index (κ3) is 4.84. The predicted molar refractivity (Wildman–Crippen MR) is 71.8 cm³/mol. The van der Waals surface area contributed by atoms with E-state index in [0.717, 1.165) is 18.5 Å². The summed E-state index contributed by atoms with van der Waals surface area (Å²) >= 11 is 0. The molecule has 0 aromatic rings. The van der Waals surface area contributed by atoms with E-state index in [2.05, 4.69) is 31.0 Å². The van der Waals surface area contributed by atoms with Gasteiger partial charge in [-0.25, -0.2) is 0 Å². The molecule has 16 heavy (non-hydrogen) atoms. The first kappa shape index (κ1) is 14.0. The van der Waals surface area contributed by atoms with Crippen LogP contribution in [0.2, 0.25) is 0 Å². The Hall–Kier alpha value is -0.0800. The van der Waals surface area contributed by atoms with Crippen LogP contribution in [0, 0.1) is 5.92 Å². The number of hydrogen-bond donors (Lipinski definition) is 1. The Morgan fingerprint density at radius 2 is 1.75 bits per heavy atom. The van der Waals surface area contributed by atoms with Crippen LogP contribution >= 0.6 is 0 Å². The summed E-state index contributed by atoms with van der Waals surface area (Å²) in [7, 11) is 0. The second-order valence-electron chi connectivity index (χ2n) is 5.20. The van der Waals surface area contributed by atoms with E-state index in [1.165, 1.54) is 51.7 Å². The second kappa shape index (κ2) is 8.08. The molecule has 2 heteroatoms. The number of nitrogens with zero attached hydrogens (tertiary/aromatic N) is 1. The Kier molecular flexibility index (Phi) is 7.06. The largest absolute Gasteiger partial charge is 0.312 e. The van der Waals surface area contributed by atoms with Crippen LogP contribution in [0.15, 0.2) is 0 Å². The molecule has 0 saturated heterocycles. The lowest BCUT2D eigenvalue weighted by Gasteiger charge is -2.25. The maximum atomic E-state index is 3.77. The molecule has 0 amide bonds. The molecule has 1 N–H and O–H groups in total. The molecular weight excluding hydrogens is 196 g/mol. The highest BCUT2D eigenvalue weighted by molar-refractivity contribution is 4.77. The van der Waals surface area contributed by atoms with E-state index in [-0.39, 0.29) is 0 Å². The van der Waals surface area contributed by atoms with Crippen molar-refractivity contribution in [1.82, 2.24) is 10.2 Å². The zero-order valence-electron chi connectivity index (χ0n) is 11.5. The maximum absolute atomic E-state index is 3.77. The average molecular weight is 226 g/mol. The Morgan fingerprint density at radius 1 is 1.06 bits per heavy atom. The van der Waals surface area contributed by atoms with E-state index in [0.29, 0.717) is 0 Å². The average Bonchev–Trinajstić information content (AvgIpc) is 2.50. The minimum absolute atomic E-state index is 0.776. The number of rotatable bonds is 6. The van der Waals surface area contributed by atoms with Crippen molar-refractivity contribution in [2.45, 2.75) is 58.9 Å². The fraction of sp³-hybridized carbons (Fsp3) is 1.00. The lowest BCUT2D eigenvalue weighted by molar-refractivity contribution is 0.280. The number of hydrogen-bond acceptors (Lipinski definition) is 2. The Bertz CT molecular complexity index is 166. The van der Waals surface area contributed by atoms with Crippen LogP contribution in [0.4, 0.5) is 0 Å². The molecule has 0 aliphatic heterocycles. The standard InChI is InChI=1S/C14H30N2/c1-4-16(5-2)12-11-15-14-10-8-6-7-9-13(14)3/h13-15H,4-12H2,1-3H3. The first-order valence-electron chi connectivity index (χ1n) is 7.23. The van der Waals surface area contributed by atoms with Gasteiger partial charge in [0.15, 0.2) is 0 Å². The Labute approximate surface area is 102 Å². The maximum Gasteiger partial charge on any atom is 0.0107 e. The third-order valence-electron chi connectivity index (χ3n) is 4.09.